The van der Waals surface area contributed by atoms with Gasteiger partial charge in [-0.05, 0) is 19.4 Å². The summed E-state index contributed by atoms with van der Waals surface area (Å²) in [6.07, 6.45) is 0. The number of benzene rings is 1. The average Bonchev–Trinajstić information content (AvgIpc) is 2.07. The van der Waals surface area contributed by atoms with Gasteiger partial charge in [0, 0.05) is 17.8 Å². The first kappa shape index (κ1) is 10.6. The lowest BCUT2D eigenvalue weighted by atomic mass is 10.2. The largest absolute Gasteiger partial charge is 0.350 e. The van der Waals surface area contributed by atoms with Crippen LogP contribution in [0.1, 0.15) is 12.5 Å². The van der Waals surface area contributed by atoms with E-state index in [1.165, 1.54) is 12.1 Å². The zero-order valence-electron chi connectivity index (χ0n) is 7.90. The van der Waals surface area contributed by atoms with E-state index in [0.717, 1.165) is 5.56 Å². The fourth-order valence-electron chi connectivity index (χ4n) is 1.05. The summed E-state index contributed by atoms with van der Waals surface area (Å²) >= 11 is 4.87. The van der Waals surface area contributed by atoms with Gasteiger partial charge < -0.3 is 5.32 Å². The Balaban J connectivity index is 3.08. The number of aryl methyl sites for hydroxylation is 1. The van der Waals surface area contributed by atoms with E-state index in [9.17, 15) is 10.1 Å². The number of anilines is 1. The maximum atomic E-state index is 10.5. The van der Waals surface area contributed by atoms with Gasteiger partial charge in [0.1, 0.15) is 0 Å². The van der Waals surface area contributed by atoms with Crippen LogP contribution >= 0.6 is 12.2 Å². The Hall–Kier alpha value is -1.49. The van der Waals surface area contributed by atoms with Crippen molar-refractivity contribution in [2.75, 3.05) is 5.32 Å². The molecular formula is C9H10N2O2S. The van der Waals surface area contributed by atoms with Crippen molar-refractivity contribution < 1.29 is 4.92 Å². The van der Waals surface area contributed by atoms with Crippen molar-refractivity contribution in [2.24, 2.45) is 0 Å². The standard InChI is InChI=1S/C9H10N2O2S/c1-6-3-4-8(11(12)13)5-9(6)10-7(2)14/h3-5H,1-2H3,(H,10,14). The lowest BCUT2D eigenvalue weighted by Crippen LogP contribution is -2.05. The highest BCUT2D eigenvalue weighted by molar-refractivity contribution is 7.80. The van der Waals surface area contributed by atoms with Gasteiger partial charge >= 0.3 is 0 Å². The highest BCUT2D eigenvalue weighted by Gasteiger charge is 2.08. The molecule has 0 fully saturated rings. The molecule has 5 heteroatoms. The summed E-state index contributed by atoms with van der Waals surface area (Å²) in [6, 6.07) is 4.64. The molecule has 1 N–H and O–H groups in total. The van der Waals surface area contributed by atoms with Crippen molar-refractivity contribution >= 4 is 28.6 Å². The van der Waals surface area contributed by atoms with Gasteiger partial charge in [-0.25, -0.2) is 0 Å². The number of nitro groups is 1. The minimum absolute atomic E-state index is 0.0642. The summed E-state index contributed by atoms with van der Waals surface area (Å²) in [7, 11) is 0. The number of hydrogen-bond donors (Lipinski definition) is 1. The first-order valence-corrected chi connectivity index (χ1v) is 4.44. The second-order valence-corrected chi connectivity index (χ2v) is 3.55. The second kappa shape index (κ2) is 4.15. The molecule has 0 spiro atoms. The van der Waals surface area contributed by atoms with Crippen molar-refractivity contribution in [1.29, 1.82) is 0 Å². The van der Waals surface area contributed by atoms with Gasteiger partial charge in [-0.3, -0.25) is 10.1 Å². The fraction of sp³-hybridized carbons (Fsp3) is 0.222. The summed E-state index contributed by atoms with van der Waals surface area (Å²) in [5, 5.41) is 13.4. The lowest BCUT2D eigenvalue weighted by Gasteiger charge is -2.06. The fourth-order valence-corrected chi connectivity index (χ4v) is 1.16. The van der Waals surface area contributed by atoms with Crippen LogP contribution in [0.5, 0.6) is 0 Å². The van der Waals surface area contributed by atoms with Gasteiger partial charge in [-0.2, -0.15) is 0 Å². The number of nitrogens with one attached hydrogen (secondary N) is 1. The third-order valence-electron chi connectivity index (χ3n) is 1.74. The average molecular weight is 210 g/mol. The van der Waals surface area contributed by atoms with E-state index < -0.39 is 4.92 Å². The molecule has 0 heterocycles. The quantitative estimate of drug-likeness (QED) is 0.463. The molecule has 0 aliphatic rings. The molecule has 74 valence electrons. The second-order valence-electron chi connectivity index (χ2n) is 2.94. The Labute approximate surface area is 87.1 Å². The van der Waals surface area contributed by atoms with Crippen molar-refractivity contribution in [3.63, 3.8) is 0 Å². The van der Waals surface area contributed by atoms with Crippen molar-refractivity contribution in [3.8, 4) is 0 Å². The predicted octanol–water partition coefficient (Wildman–Crippen LogP) is 2.66. The van der Waals surface area contributed by atoms with Gasteiger partial charge in [0.15, 0.2) is 0 Å². The first-order chi connectivity index (χ1) is 6.50. The van der Waals surface area contributed by atoms with E-state index >= 15 is 0 Å². The molecule has 0 atom stereocenters. The summed E-state index contributed by atoms with van der Waals surface area (Å²) < 4.78 is 0. The number of non-ortho nitro benzene ring substituents is 1. The number of rotatable bonds is 2. The minimum Gasteiger partial charge on any atom is -0.350 e. The zero-order valence-corrected chi connectivity index (χ0v) is 8.72. The van der Waals surface area contributed by atoms with E-state index in [4.69, 9.17) is 12.2 Å². The Bertz CT molecular complexity index is 390. The van der Waals surface area contributed by atoms with Crippen LogP contribution < -0.4 is 5.32 Å². The van der Waals surface area contributed by atoms with E-state index in [0.29, 0.717) is 10.7 Å². The van der Waals surface area contributed by atoms with Gasteiger partial charge in [-0.15, -0.1) is 0 Å². The SMILES string of the molecule is CC(=S)Nc1cc([N+](=O)[O-])ccc1C. The smallest absolute Gasteiger partial charge is 0.271 e. The van der Waals surface area contributed by atoms with E-state index in [-0.39, 0.29) is 5.69 Å². The first-order valence-electron chi connectivity index (χ1n) is 4.03. The van der Waals surface area contributed by atoms with Crippen LogP contribution in [0.3, 0.4) is 0 Å². The van der Waals surface area contributed by atoms with Gasteiger partial charge in [0.25, 0.3) is 5.69 Å². The molecule has 1 rings (SSSR count). The highest BCUT2D eigenvalue weighted by Crippen LogP contribution is 2.21. The molecule has 1 aromatic carbocycles. The van der Waals surface area contributed by atoms with E-state index in [2.05, 4.69) is 5.32 Å². The van der Waals surface area contributed by atoms with Crippen molar-refractivity contribution in [2.45, 2.75) is 13.8 Å². The molecule has 4 nitrogen and oxygen atoms in total. The number of thiocarbonyl (C=S) groups is 1. The van der Waals surface area contributed by atoms with Crippen LogP contribution in [-0.2, 0) is 0 Å². The third-order valence-corrected chi connectivity index (χ3v) is 1.84. The summed E-state index contributed by atoms with van der Waals surface area (Å²) in [5.41, 5.74) is 1.68. The van der Waals surface area contributed by atoms with Gasteiger partial charge in [-0.1, -0.05) is 18.3 Å². The summed E-state index contributed by atoms with van der Waals surface area (Å²) in [4.78, 5) is 10.7. The maximum absolute atomic E-state index is 10.5. The lowest BCUT2D eigenvalue weighted by molar-refractivity contribution is -0.384. The molecule has 0 aromatic heterocycles. The zero-order chi connectivity index (χ0) is 10.7. The summed E-state index contributed by atoms with van der Waals surface area (Å²) in [5.74, 6) is 0. The van der Waals surface area contributed by atoms with E-state index in [1.807, 2.05) is 6.92 Å². The Morgan fingerprint density at radius 1 is 1.57 bits per heavy atom. The Kier molecular flexibility index (Phi) is 3.14. The molecule has 0 saturated carbocycles. The molecule has 0 unspecified atom stereocenters. The van der Waals surface area contributed by atoms with Crippen LogP contribution in [0.4, 0.5) is 11.4 Å². The topological polar surface area (TPSA) is 55.2 Å². The molecule has 0 amide bonds. The van der Waals surface area contributed by atoms with Crippen molar-refractivity contribution in [3.05, 3.63) is 33.9 Å². The molecule has 1 aromatic rings. The molecule has 0 aliphatic carbocycles. The molecule has 0 saturated heterocycles. The predicted molar refractivity (Wildman–Crippen MR) is 59.7 cm³/mol. The van der Waals surface area contributed by atoms with E-state index in [1.54, 1.807) is 13.0 Å². The van der Waals surface area contributed by atoms with Crippen LogP contribution in [0, 0.1) is 17.0 Å². The Morgan fingerprint density at radius 2 is 2.21 bits per heavy atom. The van der Waals surface area contributed by atoms with Crippen LogP contribution in [0.25, 0.3) is 0 Å². The van der Waals surface area contributed by atoms with Gasteiger partial charge in [0.2, 0.25) is 0 Å². The van der Waals surface area contributed by atoms with Crippen LogP contribution in [-0.4, -0.2) is 9.91 Å². The molecule has 0 radical (unpaired) electrons. The van der Waals surface area contributed by atoms with Crippen molar-refractivity contribution in [1.82, 2.24) is 0 Å². The molecule has 0 aliphatic heterocycles. The number of nitrogens with zero attached hydrogens (tertiary/aromatic N) is 1. The molecular weight excluding hydrogens is 200 g/mol. The number of hydrogen-bond acceptors (Lipinski definition) is 3. The Morgan fingerprint density at radius 3 is 2.71 bits per heavy atom. The molecule has 14 heavy (non-hydrogen) atoms. The highest BCUT2D eigenvalue weighted by atomic mass is 32.1. The van der Waals surface area contributed by atoms with Crippen LogP contribution in [0.15, 0.2) is 18.2 Å². The van der Waals surface area contributed by atoms with Crippen LogP contribution in [0.2, 0.25) is 0 Å². The minimum atomic E-state index is -0.427. The normalized spacial score (nSPS) is 9.57. The summed E-state index contributed by atoms with van der Waals surface area (Å²) in [6.45, 7) is 3.60. The third kappa shape index (κ3) is 2.50. The maximum Gasteiger partial charge on any atom is 0.271 e. The molecule has 0 bridgehead atoms. The van der Waals surface area contributed by atoms with Gasteiger partial charge in [0.05, 0.1) is 9.91 Å². The number of nitro benzene ring substituents is 1. The monoisotopic (exact) mass is 210 g/mol.